The lowest BCUT2D eigenvalue weighted by Crippen LogP contribution is -2.17. The van der Waals surface area contributed by atoms with Crippen molar-refractivity contribution < 1.29 is 23.8 Å². The molecule has 0 N–H and O–H groups in total. The van der Waals surface area contributed by atoms with Crippen molar-refractivity contribution >= 4 is 11.8 Å². The lowest BCUT2D eigenvalue weighted by Gasteiger charge is -2.22. The van der Waals surface area contributed by atoms with Gasteiger partial charge in [0.05, 0.1) is 7.11 Å². The zero-order valence-corrected chi connectivity index (χ0v) is 18.3. The van der Waals surface area contributed by atoms with E-state index in [-0.39, 0.29) is 24.4 Å². The van der Waals surface area contributed by atoms with Crippen molar-refractivity contribution in [1.82, 2.24) is 0 Å². The molecule has 2 rings (SSSR count). The zero-order valence-electron chi connectivity index (χ0n) is 18.3. The van der Waals surface area contributed by atoms with Crippen LogP contribution in [-0.4, -0.2) is 25.5 Å². The topological polar surface area (TPSA) is 61.8 Å². The van der Waals surface area contributed by atoms with E-state index in [1.807, 2.05) is 13.8 Å². The lowest BCUT2D eigenvalue weighted by molar-refractivity contribution is -0.147. The molecule has 0 aliphatic heterocycles. The van der Waals surface area contributed by atoms with E-state index < -0.39 is 5.97 Å². The van der Waals surface area contributed by atoms with Gasteiger partial charge < -0.3 is 14.2 Å². The standard InChI is InChI=1S/C24H30O5/c1-15-10-19(24(4,5)6)11-16(2)20(15)13-29-23(26)14-28-21-9-8-18(17(3)25)12-22(21)27-7/h8-12H,13-14H2,1-7H3. The SMILES string of the molecule is COc1cc(C(C)=O)ccc1OCC(=O)OCc1c(C)cc(C(C)(C)C)cc1C. The number of carbonyl (C=O) groups excluding carboxylic acids is 2. The van der Waals surface area contributed by atoms with E-state index in [9.17, 15) is 9.59 Å². The maximum absolute atomic E-state index is 12.2. The molecule has 0 saturated carbocycles. The van der Waals surface area contributed by atoms with Crippen LogP contribution in [0.25, 0.3) is 0 Å². The molecule has 0 spiro atoms. The maximum Gasteiger partial charge on any atom is 0.344 e. The summed E-state index contributed by atoms with van der Waals surface area (Å²) in [6, 6.07) is 9.13. The average Bonchev–Trinajstić information content (AvgIpc) is 2.64. The molecular formula is C24H30O5. The van der Waals surface area contributed by atoms with Crippen LogP contribution in [0.15, 0.2) is 30.3 Å². The van der Waals surface area contributed by atoms with E-state index in [1.165, 1.54) is 19.6 Å². The highest BCUT2D eigenvalue weighted by Crippen LogP contribution is 2.29. The van der Waals surface area contributed by atoms with Crippen LogP contribution in [0, 0.1) is 13.8 Å². The van der Waals surface area contributed by atoms with Gasteiger partial charge in [0.2, 0.25) is 0 Å². The van der Waals surface area contributed by atoms with E-state index >= 15 is 0 Å². The van der Waals surface area contributed by atoms with Crippen LogP contribution in [0.2, 0.25) is 0 Å². The summed E-state index contributed by atoms with van der Waals surface area (Å²) in [5, 5.41) is 0. The third kappa shape index (κ3) is 5.83. The van der Waals surface area contributed by atoms with Crippen molar-refractivity contribution in [2.24, 2.45) is 0 Å². The number of hydrogen-bond acceptors (Lipinski definition) is 5. The molecule has 0 aliphatic carbocycles. The van der Waals surface area contributed by atoms with Gasteiger partial charge in [-0.15, -0.1) is 0 Å². The van der Waals surface area contributed by atoms with Crippen LogP contribution < -0.4 is 9.47 Å². The number of benzene rings is 2. The van der Waals surface area contributed by atoms with Crippen LogP contribution in [0.3, 0.4) is 0 Å². The zero-order chi connectivity index (χ0) is 21.8. The molecule has 5 nitrogen and oxygen atoms in total. The molecule has 0 saturated heterocycles. The number of rotatable bonds is 7. The first kappa shape index (κ1) is 22.5. The van der Waals surface area contributed by atoms with E-state index in [2.05, 4.69) is 32.9 Å². The van der Waals surface area contributed by atoms with Gasteiger partial charge in [-0.05, 0) is 66.6 Å². The summed E-state index contributed by atoms with van der Waals surface area (Å²) in [7, 11) is 1.48. The summed E-state index contributed by atoms with van der Waals surface area (Å²) in [6.07, 6.45) is 0. The fourth-order valence-electron chi connectivity index (χ4n) is 2.99. The Morgan fingerprint density at radius 3 is 2.10 bits per heavy atom. The summed E-state index contributed by atoms with van der Waals surface area (Å²) < 4.78 is 16.2. The van der Waals surface area contributed by atoms with Crippen molar-refractivity contribution in [3.05, 3.63) is 58.1 Å². The Hall–Kier alpha value is -2.82. The van der Waals surface area contributed by atoms with Gasteiger partial charge in [0, 0.05) is 5.56 Å². The van der Waals surface area contributed by atoms with E-state index in [4.69, 9.17) is 14.2 Å². The van der Waals surface area contributed by atoms with Crippen LogP contribution in [-0.2, 0) is 21.6 Å². The van der Waals surface area contributed by atoms with Crippen molar-refractivity contribution in [1.29, 1.82) is 0 Å². The molecule has 0 unspecified atom stereocenters. The predicted octanol–water partition coefficient (Wildman–Crippen LogP) is 4.93. The van der Waals surface area contributed by atoms with Crippen molar-refractivity contribution in [2.45, 2.75) is 53.6 Å². The number of Topliss-reactive ketones (excluding diaryl/α,β-unsaturated/α-hetero) is 1. The molecule has 0 atom stereocenters. The Balaban J connectivity index is 2.00. The first-order valence-corrected chi connectivity index (χ1v) is 9.61. The second-order valence-electron chi connectivity index (χ2n) is 8.21. The summed E-state index contributed by atoms with van der Waals surface area (Å²) in [6.45, 7) is 12.0. The van der Waals surface area contributed by atoms with E-state index in [0.29, 0.717) is 17.1 Å². The van der Waals surface area contributed by atoms with Gasteiger partial charge in [0.25, 0.3) is 0 Å². The normalized spacial score (nSPS) is 11.1. The molecule has 0 bridgehead atoms. The monoisotopic (exact) mass is 398 g/mol. The largest absolute Gasteiger partial charge is 0.493 e. The number of hydrogen-bond donors (Lipinski definition) is 0. The van der Waals surface area contributed by atoms with Gasteiger partial charge >= 0.3 is 5.97 Å². The fraction of sp³-hybridized carbons (Fsp3) is 0.417. The Morgan fingerprint density at radius 2 is 1.59 bits per heavy atom. The summed E-state index contributed by atoms with van der Waals surface area (Å²) in [5.41, 5.74) is 5.05. The van der Waals surface area contributed by atoms with Gasteiger partial charge in [-0.1, -0.05) is 32.9 Å². The van der Waals surface area contributed by atoms with Gasteiger partial charge in [0.15, 0.2) is 23.9 Å². The summed E-state index contributed by atoms with van der Waals surface area (Å²) >= 11 is 0. The van der Waals surface area contributed by atoms with Crippen LogP contribution in [0.5, 0.6) is 11.5 Å². The third-order valence-electron chi connectivity index (χ3n) is 4.86. The van der Waals surface area contributed by atoms with Crippen molar-refractivity contribution in [3.8, 4) is 11.5 Å². The second-order valence-corrected chi connectivity index (χ2v) is 8.21. The third-order valence-corrected chi connectivity index (χ3v) is 4.86. The number of methoxy groups -OCH3 is 1. The number of aryl methyl sites for hydroxylation is 2. The van der Waals surface area contributed by atoms with Crippen molar-refractivity contribution in [2.75, 3.05) is 13.7 Å². The number of ether oxygens (including phenoxy) is 3. The number of esters is 1. The van der Waals surface area contributed by atoms with Gasteiger partial charge in [-0.2, -0.15) is 0 Å². The quantitative estimate of drug-likeness (QED) is 0.489. The van der Waals surface area contributed by atoms with Gasteiger partial charge in [-0.25, -0.2) is 4.79 Å². The molecule has 2 aromatic carbocycles. The Bertz CT molecular complexity index is 883. The Labute approximate surface area is 173 Å². The Morgan fingerprint density at radius 1 is 0.966 bits per heavy atom. The lowest BCUT2D eigenvalue weighted by atomic mass is 9.84. The molecule has 0 radical (unpaired) electrons. The van der Waals surface area contributed by atoms with E-state index in [0.717, 1.165) is 16.7 Å². The number of carbonyl (C=O) groups is 2. The summed E-state index contributed by atoms with van der Waals surface area (Å²) in [4.78, 5) is 23.6. The summed E-state index contributed by atoms with van der Waals surface area (Å²) in [5.74, 6) is 0.241. The molecule has 2 aromatic rings. The molecule has 0 heterocycles. The van der Waals surface area contributed by atoms with Gasteiger partial charge in [0.1, 0.15) is 6.61 Å². The van der Waals surface area contributed by atoms with Crippen molar-refractivity contribution in [3.63, 3.8) is 0 Å². The first-order valence-electron chi connectivity index (χ1n) is 9.61. The molecular weight excluding hydrogens is 368 g/mol. The molecule has 0 aliphatic rings. The number of ketones is 1. The minimum absolute atomic E-state index is 0.0650. The molecule has 156 valence electrons. The molecule has 5 heteroatoms. The van der Waals surface area contributed by atoms with Crippen LogP contribution >= 0.6 is 0 Å². The first-order chi connectivity index (χ1) is 13.5. The minimum Gasteiger partial charge on any atom is -0.493 e. The van der Waals surface area contributed by atoms with E-state index in [1.54, 1.807) is 18.2 Å². The highest BCUT2D eigenvalue weighted by atomic mass is 16.6. The minimum atomic E-state index is -0.471. The smallest absolute Gasteiger partial charge is 0.344 e. The highest BCUT2D eigenvalue weighted by molar-refractivity contribution is 5.94. The molecule has 29 heavy (non-hydrogen) atoms. The molecule has 0 aromatic heterocycles. The average molecular weight is 398 g/mol. The highest BCUT2D eigenvalue weighted by Gasteiger charge is 2.17. The van der Waals surface area contributed by atoms with Gasteiger partial charge in [-0.3, -0.25) is 4.79 Å². The maximum atomic E-state index is 12.2. The molecule has 0 amide bonds. The van der Waals surface area contributed by atoms with Crippen LogP contribution in [0.1, 0.15) is 60.3 Å². The second kappa shape index (κ2) is 9.12. The predicted molar refractivity (Wildman–Crippen MR) is 113 cm³/mol. The molecule has 0 fully saturated rings. The van der Waals surface area contributed by atoms with Crippen LogP contribution in [0.4, 0.5) is 0 Å². The Kier molecular flexibility index (Phi) is 7.07. The fourth-order valence-corrected chi connectivity index (χ4v) is 2.99.